The number of nitrogens with zero attached hydrogens (tertiary/aromatic N) is 2. The molecule has 3 N–H and O–H groups in total. The summed E-state index contributed by atoms with van der Waals surface area (Å²) in [6, 6.07) is 7.02. The standard InChI is InChI=1S/C12H15N3O/c1-8(13)11-7-14-15(2)12(11)9-4-3-5-10(16)6-9/h3-8,16H,13H2,1-2H3. The summed E-state index contributed by atoms with van der Waals surface area (Å²) in [4.78, 5) is 0. The summed E-state index contributed by atoms with van der Waals surface area (Å²) in [6.45, 7) is 1.92. The minimum absolute atomic E-state index is 0.0777. The Bertz CT molecular complexity index is 503. The Kier molecular flexibility index (Phi) is 2.66. The zero-order chi connectivity index (χ0) is 11.7. The zero-order valence-corrected chi connectivity index (χ0v) is 9.38. The zero-order valence-electron chi connectivity index (χ0n) is 9.38. The van der Waals surface area contributed by atoms with E-state index in [4.69, 9.17) is 5.73 Å². The van der Waals surface area contributed by atoms with Crippen LogP contribution in [0.3, 0.4) is 0 Å². The van der Waals surface area contributed by atoms with E-state index in [1.54, 1.807) is 23.0 Å². The Morgan fingerprint density at radius 3 is 2.81 bits per heavy atom. The molecule has 0 saturated carbocycles. The lowest BCUT2D eigenvalue weighted by Gasteiger charge is -2.09. The number of phenolic OH excluding ortho intramolecular Hbond substituents is 1. The van der Waals surface area contributed by atoms with Crippen LogP contribution in [0.5, 0.6) is 5.75 Å². The fourth-order valence-corrected chi connectivity index (χ4v) is 1.79. The van der Waals surface area contributed by atoms with E-state index in [1.165, 1.54) is 0 Å². The van der Waals surface area contributed by atoms with Crippen molar-refractivity contribution >= 4 is 0 Å². The van der Waals surface area contributed by atoms with Crippen LogP contribution in [0.1, 0.15) is 18.5 Å². The molecule has 1 aromatic carbocycles. The summed E-state index contributed by atoms with van der Waals surface area (Å²) in [5.41, 5.74) is 8.74. The molecule has 1 heterocycles. The molecule has 2 aromatic rings. The number of benzene rings is 1. The van der Waals surface area contributed by atoms with Gasteiger partial charge in [0, 0.05) is 24.2 Å². The van der Waals surface area contributed by atoms with E-state index in [-0.39, 0.29) is 11.8 Å². The highest BCUT2D eigenvalue weighted by Gasteiger charge is 2.13. The minimum Gasteiger partial charge on any atom is -0.508 e. The molecule has 0 spiro atoms. The highest BCUT2D eigenvalue weighted by molar-refractivity contribution is 5.65. The van der Waals surface area contributed by atoms with Crippen molar-refractivity contribution in [3.05, 3.63) is 36.0 Å². The first-order chi connectivity index (χ1) is 7.59. The summed E-state index contributed by atoms with van der Waals surface area (Å²) >= 11 is 0. The number of phenols is 1. The lowest BCUT2D eigenvalue weighted by Crippen LogP contribution is -2.06. The Labute approximate surface area is 94.3 Å². The number of aromatic hydroxyl groups is 1. The van der Waals surface area contributed by atoms with Gasteiger partial charge in [0.15, 0.2) is 0 Å². The van der Waals surface area contributed by atoms with Crippen molar-refractivity contribution in [1.29, 1.82) is 0 Å². The van der Waals surface area contributed by atoms with E-state index in [1.807, 2.05) is 26.1 Å². The predicted molar refractivity (Wildman–Crippen MR) is 62.9 cm³/mol. The third kappa shape index (κ3) is 1.79. The first-order valence-corrected chi connectivity index (χ1v) is 5.16. The topological polar surface area (TPSA) is 64.1 Å². The number of hydrogen-bond acceptors (Lipinski definition) is 3. The van der Waals surface area contributed by atoms with Gasteiger partial charge >= 0.3 is 0 Å². The van der Waals surface area contributed by atoms with Crippen LogP contribution in [0.4, 0.5) is 0 Å². The lowest BCUT2D eigenvalue weighted by molar-refractivity contribution is 0.475. The van der Waals surface area contributed by atoms with Crippen molar-refractivity contribution in [1.82, 2.24) is 9.78 Å². The second-order valence-corrected chi connectivity index (χ2v) is 3.91. The van der Waals surface area contributed by atoms with E-state index < -0.39 is 0 Å². The maximum absolute atomic E-state index is 9.47. The monoisotopic (exact) mass is 217 g/mol. The molecule has 16 heavy (non-hydrogen) atoms. The molecular weight excluding hydrogens is 202 g/mol. The average Bonchev–Trinajstić information content (AvgIpc) is 2.60. The van der Waals surface area contributed by atoms with Crippen molar-refractivity contribution in [2.75, 3.05) is 0 Å². The van der Waals surface area contributed by atoms with E-state index in [9.17, 15) is 5.11 Å². The molecule has 1 unspecified atom stereocenters. The van der Waals surface area contributed by atoms with Crippen LogP contribution in [0.2, 0.25) is 0 Å². The fourth-order valence-electron chi connectivity index (χ4n) is 1.79. The van der Waals surface area contributed by atoms with Gasteiger partial charge in [-0.2, -0.15) is 5.10 Å². The van der Waals surface area contributed by atoms with Gasteiger partial charge in [0.1, 0.15) is 5.75 Å². The van der Waals surface area contributed by atoms with Crippen molar-refractivity contribution in [2.24, 2.45) is 12.8 Å². The quantitative estimate of drug-likeness (QED) is 0.806. The van der Waals surface area contributed by atoms with Crippen LogP contribution < -0.4 is 5.73 Å². The molecule has 2 rings (SSSR count). The molecule has 84 valence electrons. The first kappa shape index (κ1) is 10.7. The number of rotatable bonds is 2. The smallest absolute Gasteiger partial charge is 0.116 e. The number of aryl methyl sites for hydroxylation is 1. The van der Waals surface area contributed by atoms with Crippen LogP contribution in [0.25, 0.3) is 11.3 Å². The Hall–Kier alpha value is -1.81. The van der Waals surface area contributed by atoms with Crippen LogP contribution in [-0.2, 0) is 7.05 Å². The Balaban J connectivity index is 2.59. The maximum atomic E-state index is 9.47. The SMILES string of the molecule is CC(N)c1cnn(C)c1-c1cccc(O)c1. The molecule has 0 radical (unpaired) electrons. The van der Waals surface area contributed by atoms with Gasteiger partial charge in [0.25, 0.3) is 0 Å². The van der Waals surface area contributed by atoms with Gasteiger partial charge in [0.2, 0.25) is 0 Å². The molecule has 4 nitrogen and oxygen atoms in total. The van der Waals surface area contributed by atoms with E-state index in [0.29, 0.717) is 0 Å². The summed E-state index contributed by atoms with van der Waals surface area (Å²) in [5, 5.41) is 13.7. The highest BCUT2D eigenvalue weighted by Crippen LogP contribution is 2.28. The normalized spacial score (nSPS) is 12.7. The molecule has 0 bridgehead atoms. The molecule has 0 aliphatic heterocycles. The van der Waals surface area contributed by atoms with E-state index in [0.717, 1.165) is 16.8 Å². The van der Waals surface area contributed by atoms with Gasteiger partial charge in [-0.3, -0.25) is 4.68 Å². The molecule has 0 fully saturated rings. The third-order valence-electron chi connectivity index (χ3n) is 2.58. The van der Waals surface area contributed by atoms with Gasteiger partial charge in [-0.25, -0.2) is 0 Å². The molecule has 0 saturated heterocycles. The second kappa shape index (κ2) is 3.98. The highest BCUT2D eigenvalue weighted by atomic mass is 16.3. The van der Waals surface area contributed by atoms with Crippen molar-refractivity contribution in [3.8, 4) is 17.0 Å². The third-order valence-corrected chi connectivity index (χ3v) is 2.58. The molecule has 1 aromatic heterocycles. The summed E-state index contributed by atoms with van der Waals surface area (Å²) < 4.78 is 1.77. The summed E-state index contributed by atoms with van der Waals surface area (Å²) in [5.74, 6) is 0.245. The van der Waals surface area contributed by atoms with Gasteiger partial charge < -0.3 is 10.8 Å². The van der Waals surface area contributed by atoms with Crippen LogP contribution in [0.15, 0.2) is 30.5 Å². The van der Waals surface area contributed by atoms with Crippen LogP contribution in [-0.4, -0.2) is 14.9 Å². The molecule has 1 atom stereocenters. The van der Waals surface area contributed by atoms with Gasteiger partial charge in [-0.1, -0.05) is 12.1 Å². The summed E-state index contributed by atoms with van der Waals surface area (Å²) in [7, 11) is 1.87. The van der Waals surface area contributed by atoms with E-state index >= 15 is 0 Å². The van der Waals surface area contributed by atoms with Gasteiger partial charge in [-0.15, -0.1) is 0 Å². The molecule has 0 aliphatic carbocycles. The van der Waals surface area contributed by atoms with E-state index in [2.05, 4.69) is 5.10 Å². The minimum atomic E-state index is -0.0777. The lowest BCUT2D eigenvalue weighted by atomic mass is 10.0. The number of nitrogens with two attached hydrogens (primary N) is 1. The number of aromatic nitrogens is 2. The first-order valence-electron chi connectivity index (χ1n) is 5.16. The molecular formula is C12H15N3O. The van der Waals surface area contributed by atoms with Crippen molar-refractivity contribution in [2.45, 2.75) is 13.0 Å². The second-order valence-electron chi connectivity index (χ2n) is 3.91. The molecule has 0 aliphatic rings. The summed E-state index contributed by atoms with van der Waals surface area (Å²) in [6.07, 6.45) is 1.77. The van der Waals surface area contributed by atoms with Gasteiger partial charge in [-0.05, 0) is 19.1 Å². The largest absolute Gasteiger partial charge is 0.508 e. The van der Waals surface area contributed by atoms with Crippen LogP contribution in [0, 0.1) is 0 Å². The Morgan fingerprint density at radius 2 is 2.19 bits per heavy atom. The molecule has 0 amide bonds. The number of hydrogen-bond donors (Lipinski definition) is 2. The van der Waals surface area contributed by atoms with Gasteiger partial charge in [0.05, 0.1) is 11.9 Å². The van der Waals surface area contributed by atoms with Crippen molar-refractivity contribution < 1.29 is 5.11 Å². The Morgan fingerprint density at radius 1 is 1.44 bits per heavy atom. The fraction of sp³-hybridized carbons (Fsp3) is 0.250. The predicted octanol–water partition coefficient (Wildman–Crippen LogP) is 1.81. The van der Waals surface area contributed by atoms with Crippen LogP contribution >= 0.6 is 0 Å². The average molecular weight is 217 g/mol. The molecule has 4 heteroatoms. The maximum Gasteiger partial charge on any atom is 0.116 e. The van der Waals surface area contributed by atoms with Crippen molar-refractivity contribution in [3.63, 3.8) is 0 Å².